The number of carbonyl (C=O) groups is 1. The van der Waals surface area contributed by atoms with Crippen LogP contribution in [0.4, 0.5) is 11.4 Å². The maximum absolute atomic E-state index is 12.9. The van der Waals surface area contributed by atoms with E-state index >= 15 is 0 Å². The van der Waals surface area contributed by atoms with Crippen LogP contribution in [-0.4, -0.2) is 18.9 Å². The lowest BCUT2D eigenvalue weighted by molar-refractivity contribution is -0.116. The van der Waals surface area contributed by atoms with Gasteiger partial charge in [0.2, 0.25) is 5.91 Å². The minimum atomic E-state index is -3.95. The Bertz CT molecular complexity index is 1510. The number of nitrogens with one attached hydrogen (secondary N) is 2. The number of nitrogens with zero attached hydrogens (tertiary/aromatic N) is 1. The lowest BCUT2D eigenvalue weighted by Gasteiger charge is -2.13. The molecule has 33 heavy (non-hydrogen) atoms. The number of hydrogen-bond acceptors (Lipinski definition) is 5. The number of anilines is 2. The van der Waals surface area contributed by atoms with Gasteiger partial charge < -0.3 is 9.73 Å². The topological polar surface area (TPSA) is 110 Å². The van der Waals surface area contributed by atoms with Crippen molar-refractivity contribution in [2.75, 3.05) is 10.0 Å². The van der Waals surface area contributed by atoms with Crippen molar-refractivity contribution in [1.82, 2.24) is 4.57 Å². The van der Waals surface area contributed by atoms with Crippen LogP contribution < -0.4 is 15.8 Å². The molecule has 10 heteroatoms. The summed E-state index contributed by atoms with van der Waals surface area (Å²) in [7, 11) is -3.95. The maximum Gasteiger partial charge on any atom is 0.419 e. The number of para-hydroxylation sites is 3. The third-order valence-corrected chi connectivity index (χ3v) is 6.85. The number of halogens is 1. The number of rotatable bonds is 7. The van der Waals surface area contributed by atoms with Crippen LogP contribution >= 0.6 is 11.6 Å². The number of hydrogen-bond donors (Lipinski definition) is 2. The van der Waals surface area contributed by atoms with E-state index in [-0.39, 0.29) is 34.5 Å². The Morgan fingerprint density at radius 1 is 1.06 bits per heavy atom. The standard InChI is InChI=1S/C23H20ClN3O5S/c1-15-10-11-16(14-21(15)33(30,31)26-18-7-3-2-6-17(18)24)25-22(28)12-13-27-19-8-4-5-9-20(19)32-23(27)29/h2-11,14,26H,12-13H2,1H3,(H,25,28). The van der Waals surface area contributed by atoms with Gasteiger partial charge in [0.25, 0.3) is 10.0 Å². The van der Waals surface area contributed by atoms with Crippen LogP contribution in [0.3, 0.4) is 0 Å². The number of oxazole rings is 1. The fourth-order valence-electron chi connectivity index (χ4n) is 3.37. The molecule has 0 unspecified atom stereocenters. The van der Waals surface area contributed by atoms with Crippen LogP contribution in [0.1, 0.15) is 12.0 Å². The molecular formula is C23H20ClN3O5S. The first-order valence-electron chi connectivity index (χ1n) is 10.0. The van der Waals surface area contributed by atoms with Crippen LogP contribution in [0.2, 0.25) is 5.02 Å². The highest BCUT2D eigenvalue weighted by atomic mass is 35.5. The molecule has 3 aromatic carbocycles. The number of fused-ring (bicyclic) bond motifs is 1. The van der Waals surface area contributed by atoms with Gasteiger partial charge in [0.1, 0.15) is 0 Å². The number of sulfonamides is 1. The summed E-state index contributed by atoms with van der Waals surface area (Å²) < 4.78 is 34.9. The third-order valence-electron chi connectivity index (χ3n) is 5.02. The van der Waals surface area contributed by atoms with Gasteiger partial charge in [-0.15, -0.1) is 0 Å². The Hall–Kier alpha value is -3.56. The molecule has 4 aromatic rings. The highest BCUT2D eigenvalue weighted by molar-refractivity contribution is 7.92. The molecule has 0 aliphatic rings. The molecule has 1 aromatic heterocycles. The molecule has 8 nitrogen and oxygen atoms in total. The molecule has 1 heterocycles. The molecule has 0 spiro atoms. The molecule has 0 fully saturated rings. The summed E-state index contributed by atoms with van der Waals surface area (Å²) in [6, 6.07) is 18.0. The van der Waals surface area contributed by atoms with Crippen LogP contribution in [0.15, 0.2) is 80.8 Å². The number of amides is 1. The van der Waals surface area contributed by atoms with Crippen LogP contribution in [0.25, 0.3) is 11.1 Å². The first-order chi connectivity index (χ1) is 15.7. The molecule has 0 saturated heterocycles. The third kappa shape index (κ3) is 4.94. The Balaban J connectivity index is 1.49. The molecule has 2 N–H and O–H groups in total. The average Bonchev–Trinajstić information content (AvgIpc) is 3.10. The van der Waals surface area contributed by atoms with Gasteiger partial charge in [-0.1, -0.05) is 41.9 Å². The van der Waals surface area contributed by atoms with E-state index in [1.807, 2.05) is 0 Å². The van der Waals surface area contributed by atoms with Crippen molar-refractivity contribution in [2.24, 2.45) is 0 Å². The van der Waals surface area contributed by atoms with E-state index < -0.39 is 15.8 Å². The largest absolute Gasteiger partial charge is 0.419 e. The fourth-order valence-corrected chi connectivity index (χ4v) is 4.96. The summed E-state index contributed by atoms with van der Waals surface area (Å²) in [5.41, 5.74) is 2.12. The second-order valence-electron chi connectivity index (χ2n) is 7.35. The molecule has 170 valence electrons. The highest BCUT2D eigenvalue weighted by Gasteiger charge is 2.19. The normalized spacial score (nSPS) is 11.5. The summed E-state index contributed by atoms with van der Waals surface area (Å²) in [4.78, 5) is 24.6. The van der Waals surface area contributed by atoms with Gasteiger partial charge in [-0.2, -0.15) is 0 Å². The van der Waals surface area contributed by atoms with Crippen molar-refractivity contribution in [3.8, 4) is 0 Å². The van der Waals surface area contributed by atoms with Gasteiger partial charge in [-0.05, 0) is 48.9 Å². The number of benzene rings is 3. The van der Waals surface area contributed by atoms with Gasteiger partial charge in [0, 0.05) is 18.7 Å². The van der Waals surface area contributed by atoms with Gasteiger partial charge >= 0.3 is 5.76 Å². The first kappa shape index (κ1) is 22.6. The number of aryl methyl sites for hydroxylation is 2. The fraction of sp³-hybridized carbons (Fsp3) is 0.130. The molecule has 0 bridgehead atoms. The zero-order valence-electron chi connectivity index (χ0n) is 17.5. The van der Waals surface area contributed by atoms with Gasteiger partial charge in [0.05, 0.1) is 21.1 Å². The van der Waals surface area contributed by atoms with Gasteiger partial charge in [-0.25, -0.2) is 13.2 Å². The SMILES string of the molecule is Cc1ccc(NC(=O)CCn2c(=O)oc3ccccc32)cc1S(=O)(=O)Nc1ccccc1Cl. The van der Waals surface area contributed by atoms with Crippen molar-refractivity contribution in [1.29, 1.82) is 0 Å². The molecule has 0 aliphatic heterocycles. The average molecular weight is 486 g/mol. The van der Waals surface area contributed by atoms with Crippen LogP contribution in [0.5, 0.6) is 0 Å². The summed E-state index contributed by atoms with van der Waals surface area (Å²) in [5, 5.41) is 2.95. The predicted octanol–water partition coefficient (Wildman–Crippen LogP) is 4.39. The van der Waals surface area contributed by atoms with E-state index in [9.17, 15) is 18.0 Å². The van der Waals surface area contributed by atoms with E-state index in [0.29, 0.717) is 22.4 Å². The summed E-state index contributed by atoms with van der Waals surface area (Å²) in [5.74, 6) is -0.920. The Labute approximate surface area is 194 Å². The molecule has 0 radical (unpaired) electrons. The molecule has 4 rings (SSSR count). The van der Waals surface area contributed by atoms with Crippen LogP contribution in [0, 0.1) is 6.92 Å². The number of aromatic nitrogens is 1. The number of carbonyl (C=O) groups excluding carboxylic acids is 1. The van der Waals surface area contributed by atoms with Crippen molar-refractivity contribution in [3.05, 3.63) is 87.9 Å². The summed E-state index contributed by atoms with van der Waals surface area (Å²) in [6.45, 7) is 1.77. The van der Waals surface area contributed by atoms with Crippen molar-refractivity contribution >= 4 is 50.0 Å². The predicted molar refractivity (Wildman–Crippen MR) is 127 cm³/mol. The Morgan fingerprint density at radius 2 is 1.79 bits per heavy atom. The van der Waals surface area contributed by atoms with Crippen LogP contribution in [-0.2, 0) is 21.4 Å². The smallest absolute Gasteiger partial charge is 0.408 e. The minimum Gasteiger partial charge on any atom is -0.408 e. The van der Waals surface area contributed by atoms with Gasteiger partial charge in [-0.3, -0.25) is 14.1 Å². The minimum absolute atomic E-state index is 0.00271. The molecule has 0 saturated carbocycles. The lowest BCUT2D eigenvalue weighted by Crippen LogP contribution is -2.20. The van der Waals surface area contributed by atoms with Crippen molar-refractivity contribution < 1.29 is 17.6 Å². The molecular weight excluding hydrogens is 466 g/mol. The second kappa shape index (κ2) is 9.13. The maximum atomic E-state index is 12.9. The Kier molecular flexibility index (Phi) is 6.26. The molecule has 1 amide bonds. The van der Waals surface area contributed by atoms with Crippen molar-refractivity contribution in [2.45, 2.75) is 24.8 Å². The molecule has 0 atom stereocenters. The first-order valence-corrected chi connectivity index (χ1v) is 11.9. The monoisotopic (exact) mass is 485 g/mol. The Morgan fingerprint density at radius 3 is 2.58 bits per heavy atom. The zero-order chi connectivity index (χ0) is 23.6. The summed E-state index contributed by atoms with van der Waals surface area (Å²) in [6.07, 6.45) is -0.00271. The highest BCUT2D eigenvalue weighted by Crippen LogP contribution is 2.27. The second-order valence-corrected chi connectivity index (χ2v) is 9.41. The molecule has 0 aliphatic carbocycles. The van der Waals surface area contributed by atoms with Crippen molar-refractivity contribution in [3.63, 3.8) is 0 Å². The van der Waals surface area contributed by atoms with E-state index in [0.717, 1.165) is 0 Å². The quantitative estimate of drug-likeness (QED) is 0.403. The van der Waals surface area contributed by atoms with Gasteiger partial charge in [0.15, 0.2) is 5.58 Å². The summed E-state index contributed by atoms with van der Waals surface area (Å²) >= 11 is 6.07. The van der Waals surface area contributed by atoms with E-state index in [4.69, 9.17) is 16.0 Å². The lowest BCUT2D eigenvalue weighted by atomic mass is 10.2. The van der Waals surface area contributed by atoms with E-state index in [1.165, 1.54) is 10.6 Å². The van der Waals surface area contributed by atoms with E-state index in [2.05, 4.69) is 10.0 Å². The van der Waals surface area contributed by atoms with E-state index in [1.54, 1.807) is 67.6 Å². The zero-order valence-corrected chi connectivity index (χ0v) is 19.1.